The van der Waals surface area contributed by atoms with Gasteiger partial charge in [-0.3, -0.25) is 5.32 Å². The molecule has 0 radical (unpaired) electrons. The molecule has 6 aliphatic rings. The molecule has 1 aromatic heterocycles. The SMILES string of the molecule is CC1C=CC(C2N=C(c3ccc(N4C5=Cc6c(c7ccccc7n6C6(C)C=CC=CC6)CC5c5cc(-c6ccccc6)ccc54)cc3)NC(C3C=CC=CC3)N2)=CC1. The molecule has 2 N–H and O–H groups in total. The van der Waals surface area contributed by atoms with Gasteiger partial charge in [-0.05, 0) is 115 Å². The predicted octanol–water partition coefficient (Wildman–Crippen LogP) is 11.6. The summed E-state index contributed by atoms with van der Waals surface area (Å²) in [5.74, 6) is 2.07. The second-order valence-corrected chi connectivity index (χ2v) is 17.1. The minimum atomic E-state index is -0.159. The number of aliphatic imine (C=N–C) groups is 1. The van der Waals surface area contributed by atoms with Gasteiger partial charge in [0.25, 0.3) is 0 Å². The lowest BCUT2D eigenvalue weighted by molar-refractivity contribution is 0.344. The van der Waals surface area contributed by atoms with Gasteiger partial charge in [-0.1, -0.05) is 128 Å². The molecular weight excluding hydrogens is 707 g/mol. The van der Waals surface area contributed by atoms with Crippen LogP contribution in [-0.4, -0.2) is 22.7 Å². The lowest BCUT2D eigenvalue weighted by Crippen LogP contribution is -2.57. The van der Waals surface area contributed by atoms with Crippen LogP contribution in [0.3, 0.4) is 0 Å². The molecular formula is C53H49N5. The number of nitrogens with zero attached hydrogens (tertiary/aromatic N) is 3. The molecule has 0 saturated carbocycles. The maximum atomic E-state index is 5.31. The fraction of sp³-hybridized carbons (Fsp3) is 0.226. The number of anilines is 2. The van der Waals surface area contributed by atoms with Crippen LogP contribution in [0.15, 0.2) is 180 Å². The lowest BCUT2D eigenvalue weighted by atomic mass is 9.84. The number of amidine groups is 1. The summed E-state index contributed by atoms with van der Waals surface area (Å²) in [6.45, 7) is 4.65. The third-order valence-electron chi connectivity index (χ3n) is 13.2. The molecule has 6 atom stereocenters. The third kappa shape index (κ3) is 5.91. The Labute approximate surface area is 341 Å². The van der Waals surface area contributed by atoms with Crippen molar-refractivity contribution in [1.29, 1.82) is 0 Å². The first-order chi connectivity index (χ1) is 28.5. The molecule has 286 valence electrons. The fourth-order valence-corrected chi connectivity index (χ4v) is 10.1. The predicted molar refractivity (Wildman–Crippen MR) is 241 cm³/mol. The van der Waals surface area contributed by atoms with Crippen LogP contribution < -0.4 is 15.5 Å². The van der Waals surface area contributed by atoms with Crippen LogP contribution in [0.5, 0.6) is 0 Å². The standard InChI is InChI=1S/C53H49N5/c1-35-20-22-38(23-21-35)51-54-50(37-16-8-4-9-17-37)55-52(56-51)39-24-27-41(28-25-39)57-46-29-26-40(36-14-6-3-7-15-36)32-43(46)45-33-44-42-18-10-11-19-47(42)58(49(44)34-48(45)57)53(2)30-12-5-13-31-53/h3-16,18-20,22-30,32,34-35,37,45,50-51,54H,17,21,31,33H2,1-2H3,(H,55,56). The lowest BCUT2D eigenvalue weighted by Gasteiger charge is -2.36. The Morgan fingerprint density at radius 1 is 0.793 bits per heavy atom. The Hall–Kier alpha value is -6.17. The smallest absolute Gasteiger partial charge is 0.131 e. The van der Waals surface area contributed by atoms with Gasteiger partial charge in [0.05, 0.1) is 11.7 Å². The van der Waals surface area contributed by atoms with Crippen molar-refractivity contribution in [3.05, 3.63) is 198 Å². The molecule has 6 unspecified atom stereocenters. The molecule has 0 saturated heterocycles. The molecule has 2 aliphatic heterocycles. The van der Waals surface area contributed by atoms with Crippen molar-refractivity contribution in [2.45, 2.75) is 63.3 Å². The number of aromatic nitrogens is 1. The van der Waals surface area contributed by atoms with E-state index in [1.54, 1.807) is 0 Å². The Balaban J connectivity index is 1.02. The molecule has 5 aromatic rings. The monoisotopic (exact) mass is 755 g/mol. The van der Waals surface area contributed by atoms with Gasteiger partial charge in [0.2, 0.25) is 0 Å². The first kappa shape index (κ1) is 35.0. The second-order valence-electron chi connectivity index (χ2n) is 17.1. The zero-order valence-electron chi connectivity index (χ0n) is 33.2. The molecule has 4 aromatic carbocycles. The van der Waals surface area contributed by atoms with Gasteiger partial charge in [0, 0.05) is 51.1 Å². The summed E-state index contributed by atoms with van der Waals surface area (Å²) in [7, 11) is 0. The van der Waals surface area contributed by atoms with E-state index in [0.29, 0.717) is 11.8 Å². The van der Waals surface area contributed by atoms with Crippen molar-refractivity contribution in [1.82, 2.24) is 15.2 Å². The maximum Gasteiger partial charge on any atom is 0.131 e. The van der Waals surface area contributed by atoms with Gasteiger partial charge in [-0.15, -0.1) is 0 Å². The average Bonchev–Trinajstić information content (AvgIpc) is 3.78. The van der Waals surface area contributed by atoms with E-state index in [9.17, 15) is 0 Å². The van der Waals surface area contributed by atoms with Crippen LogP contribution in [0.1, 0.15) is 61.4 Å². The zero-order valence-corrected chi connectivity index (χ0v) is 33.2. The number of rotatable bonds is 6. The summed E-state index contributed by atoms with van der Waals surface area (Å²) < 4.78 is 2.61. The van der Waals surface area contributed by atoms with Crippen LogP contribution in [0.25, 0.3) is 28.1 Å². The van der Waals surface area contributed by atoms with Crippen molar-refractivity contribution in [3.8, 4) is 11.1 Å². The van der Waals surface area contributed by atoms with Crippen LogP contribution in [0, 0.1) is 11.8 Å². The van der Waals surface area contributed by atoms with Crippen molar-refractivity contribution in [2.24, 2.45) is 16.8 Å². The van der Waals surface area contributed by atoms with Gasteiger partial charge in [-0.25, -0.2) is 4.99 Å². The Morgan fingerprint density at radius 2 is 1.62 bits per heavy atom. The highest BCUT2D eigenvalue weighted by molar-refractivity contribution is 6.00. The van der Waals surface area contributed by atoms with Gasteiger partial charge in [0.1, 0.15) is 12.0 Å². The van der Waals surface area contributed by atoms with E-state index in [4.69, 9.17) is 4.99 Å². The quantitative estimate of drug-likeness (QED) is 0.181. The normalized spacial score (nSPS) is 26.8. The molecule has 4 aliphatic carbocycles. The van der Waals surface area contributed by atoms with E-state index in [1.165, 1.54) is 61.5 Å². The summed E-state index contributed by atoms with van der Waals surface area (Å²) in [4.78, 5) is 7.85. The summed E-state index contributed by atoms with van der Waals surface area (Å²) in [5, 5.41) is 9.02. The van der Waals surface area contributed by atoms with E-state index in [1.807, 2.05) is 0 Å². The molecule has 0 amide bonds. The van der Waals surface area contributed by atoms with Crippen molar-refractivity contribution in [3.63, 3.8) is 0 Å². The molecule has 0 bridgehead atoms. The number of hydrogen-bond acceptors (Lipinski definition) is 4. The number of allylic oxidation sites excluding steroid dienone is 10. The van der Waals surface area contributed by atoms with Gasteiger partial charge in [-0.2, -0.15) is 0 Å². The Morgan fingerprint density at radius 3 is 2.41 bits per heavy atom. The van der Waals surface area contributed by atoms with Crippen molar-refractivity contribution < 1.29 is 0 Å². The minimum absolute atomic E-state index is 0.0711. The molecule has 11 rings (SSSR count). The van der Waals surface area contributed by atoms with Crippen molar-refractivity contribution in [2.75, 3.05) is 4.90 Å². The highest BCUT2D eigenvalue weighted by Gasteiger charge is 2.41. The molecule has 0 spiro atoms. The zero-order chi connectivity index (χ0) is 38.8. The largest absolute Gasteiger partial charge is 0.354 e. The third-order valence-corrected chi connectivity index (χ3v) is 13.2. The Bertz CT molecular complexity index is 2680. The van der Waals surface area contributed by atoms with Crippen LogP contribution >= 0.6 is 0 Å². The van der Waals surface area contributed by atoms with E-state index < -0.39 is 0 Å². The molecule has 5 heteroatoms. The van der Waals surface area contributed by atoms with E-state index >= 15 is 0 Å². The first-order valence-electron chi connectivity index (χ1n) is 21.1. The van der Waals surface area contributed by atoms with E-state index in [2.05, 4.69) is 204 Å². The summed E-state index contributed by atoms with van der Waals surface area (Å²) in [6.07, 6.45) is 31.4. The highest BCUT2D eigenvalue weighted by Crippen LogP contribution is 2.54. The van der Waals surface area contributed by atoms with Gasteiger partial charge in [0.15, 0.2) is 0 Å². The fourth-order valence-electron chi connectivity index (χ4n) is 10.1. The Kier molecular flexibility index (Phi) is 8.48. The number of fused-ring (bicyclic) bond motifs is 6. The summed E-state index contributed by atoms with van der Waals surface area (Å²) in [6, 6.07) is 36.1. The molecule has 0 fully saturated rings. The minimum Gasteiger partial charge on any atom is -0.354 e. The molecule has 3 heterocycles. The van der Waals surface area contributed by atoms with E-state index in [0.717, 1.165) is 37.1 Å². The topological polar surface area (TPSA) is 44.6 Å². The number of para-hydroxylation sites is 1. The number of nitrogens with one attached hydrogen (secondary N) is 2. The number of hydrogen-bond donors (Lipinski definition) is 2. The van der Waals surface area contributed by atoms with Crippen LogP contribution in [0.4, 0.5) is 11.4 Å². The summed E-state index contributed by atoms with van der Waals surface area (Å²) >= 11 is 0. The maximum absolute atomic E-state index is 5.31. The summed E-state index contributed by atoms with van der Waals surface area (Å²) in [5.41, 5.74) is 13.9. The van der Waals surface area contributed by atoms with Gasteiger partial charge < -0.3 is 14.8 Å². The van der Waals surface area contributed by atoms with Crippen LogP contribution in [-0.2, 0) is 12.0 Å². The van der Waals surface area contributed by atoms with Crippen molar-refractivity contribution >= 4 is 34.2 Å². The first-order valence-corrected chi connectivity index (χ1v) is 21.1. The van der Waals surface area contributed by atoms with Crippen LogP contribution in [0.2, 0.25) is 0 Å². The highest BCUT2D eigenvalue weighted by atomic mass is 15.3. The average molecular weight is 756 g/mol. The molecule has 58 heavy (non-hydrogen) atoms. The number of benzene rings is 4. The van der Waals surface area contributed by atoms with Gasteiger partial charge >= 0.3 is 0 Å². The second kappa shape index (κ2) is 14.0. The van der Waals surface area contributed by atoms with E-state index in [-0.39, 0.29) is 23.8 Å². The molecule has 5 nitrogen and oxygen atoms in total.